The second kappa shape index (κ2) is 10.8. The SMILES string of the molecule is CC(=O)Oc1c(-c2ccc(NC(=O)c3cccc(F)c3)cc2)c(-c2ccccc2)nn1-c1ccc(C)cc1C. The van der Waals surface area contributed by atoms with E-state index < -0.39 is 17.7 Å². The first-order chi connectivity index (χ1) is 18.8. The quantitative estimate of drug-likeness (QED) is 0.242. The van der Waals surface area contributed by atoms with Crippen LogP contribution < -0.4 is 10.1 Å². The summed E-state index contributed by atoms with van der Waals surface area (Å²) < 4.78 is 21.0. The zero-order chi connectivity index (χ0) is 27.5. The number of esters is 1. The minimum Gasteiger partial charge on any atom is -0.407 e. The second-order valence-electron chi connectivity index (χ2n) is 9.23. The number of ether oxygens (including phenoxy) is 1. The molecule has 4 aromatic carbocycles. The number of rotatable bonds is 6. The molecule has 0 bridgehead atoms. The van der Waals surface area contributed by atoms with Crippen molar-refractivity contribution >= 4 is 17.6 Å². The molecular weight excluding hydrogens is 493 g/mol. The van der Waals surface area contributed by atoms with E-state index in [0.29, 0.717) is 22.8 Å². The molecule has 1 heterocycles. The summed E-state index contributed by atoms with van der Waals surface area (Å²) in [5, 5.41) is 7.71. The molecule has 0 aliphatic carbocycles. The minimum absolute atomic E-state index is 0.220. The molecule has 5 aromatic rings. The van der Waals surface area contributed by atoms with Gasteiger partial charge in [-0.25, -0.2) is 4.39 Å². The van der Waals surface area contributed by atoms with Crippen LogP contribution in [0.1, 0.15) is 28.4 Å². The molecule has 0 aliphatic heterocycles. The van der Waals surface area contributed by atoms with Crippen LogP contribution in [0.25, 0.3) is 28.1 Å². The number of aryl methyl sites for hydroxylation is 2. The fourth-order valence-corrected chi connectivity index (χ4v) is 4.45. The third-order valence-corrected chi connectivity index (χ3v) is 6.23. The van der Waals surface area contributed by atoms with Gasteiger partial charge in [0.05, 0.1) is 11.3 Å². The monoisotopic (exact) mass is 519 g/mol. The Hall–Kier alpha value is -5.04. The van der Waals surface area contributed by atoms with Crippen LogP contribution in [-0.2, 0) is 4.79 Å². The van der Waals surface area contributed by atoms with Gasteiger partial charge in [0.1, 0.15) is 11.5 Å². The number of amides is 1. The van der Waals surface area contributed by atoms with Gasteiger partial charge < -0.3 is 10.1 Å². The van der Waals surface area contributed by atoms with E-state index in [1.165, 1.54) is 25.1 Å². The highest BCUT2D eigenvalue weighted by molar-refractivity contribution is 6.04. The van der Waals surface area contributed by atoms with E-state index in [4.69, 9.17) is 9.84 Å². The van der Waals surface area contributed by atoms with E-state index in [1.807, 2.05) is 74.5 Å². The molecular formula is C32H26FN3O3. The maximum absolute atomic E-state index is 13.6. The number of carbonyl (C=O) groups excluding carboxylic acids is 2. The van der Waals surface area contributed by atoms with Gasteiger partial charge in [-0.2, -0.15) is 9.78 Å². The first kappa shape index (κ1) is 25.6. The topological polar surface area (TPSA) is 73.2 Å². The van der Waals surface area contributed by atoms with E-state index in [9.17, 15) is 14.0 Å². The van der Waals surface area contributed by atoms with Gasteiger partial charge in [-0.1, -0.05) is 66.2 Å². The molecule has 6 nitrogen and oxygen atoms in total. The Morgan fingerprint density at radius 2 is 1.59 bits per heavy atom. The summed E-state index contributed by atoms with van der Waals surface area (Å²) in [4.78, 5) is 24.9. The average Bonchev–Trinajstić information content (AvgIpc) is 3.27. The lowest BCUT2D eigenvalue weighted by molar-refractivity contribution is -0.132. The number of anilines is 1. The number of hydrogen-bond donors (Lipinski definition) is 1. The molecule has 0 radical (unpaired) electrons. The van der Waals surface area contributed by atoms with Gasteiger partial charge in [0.2, 0.25) is 5.88 Å². The van der Waals surface area contributed by atoms with Crippen molar-refractivity contribution in [3.8, 4) is 34.0 Å². The average molecular weight is 520 g/mol. The molecule has 0 aliphatic rings. The lowest BCUT2D eigenvalue weighted by atomic mass is 10.0. The van der Waals surface area contributed by atoms with E-state index in [2.05, 4.69) is 5.32 Å². The predicted octanol–water partition coefficient (Wildman–Crippen LogP) is 7.14. The fraction of sp³-hybridized carbons (Fsp3) is 0.0938. The lowest BCUT2D eigenvalue weighted by Crippen LogP contribution is -2.12. The maximum atomic E-state index is 13.6. The van der Waals surface area contributed by atoms with E-state index in [0.717, 1.165) is 27.9 Å². The Bertz CT molecular complexity index is 1680. The zero-order valence-electron chi connectivity index (χ0n) is 21.7. The third kappa shape index (κ3) is 5.48. The Balaban J connectivity index is 1.61. The van der Waals surface area contributed by atoms with Gasteiger partial charge in [-0.15, -0.1) is 0 Å². The summed E-state index contributed by atoms with van der Waals surface area (Å²) in [5.41, 5.74) is 6.51. The first-order valence-corrected chi connectivity index (χ1v) is 12.4. The molecule has 39 heavy (non-hydrogen) atoms. The Morgan fingerprint density at radius 1 is 0.846 bits per heavy atom. The van der Waals surface area contributed by atoms with E-state index >= 15 is 0 Å². The highest BCUT2D eigenvalue weighted by Gasteiger charge is 2.25. The van der Waals surface area contributed by atoms with Crippen molar-refractivity contribution in [2.45, 2.75) is 20.8 Å². The molecule has 1 aromatic heterocycles. The summed E-state index contributed by atoms with van der Waals surface area (Å²) in [6.45, 7) is 5.36. The van der Waals surface area contributed by atoms with Crippen molar-refractivity contribution in [1.82, 2.24) is 9.78 Å². The molecule has 0 saturated heterocycles. The molecule has 0 atom stereocenters. The van der Waals surface area contributed by atoms with Crippen molar-refractivity contribution in [2.24, 2.45) is 0 Å². The lowest BCUT2D eigenvalue weighted by Gasteiger charge is -2.12. The van der Waals surface area contributed by atoms with Crippen LogP contribution in [0.2, 0.25) is 0 Å². The standard InChI is InChI=1S/C32H26FN3O3/c1-20-12-17-28(21(2)18-20)36-32(39-22(3)37)29(30(35-36)24-8-5-4-6-9-24)23-13-15-27(16-14-23)34-31(38)25-10-7-11-26(33)19-25/h4-19H,1-3H3,(H,34,38). The zero-order valence-corrected chi connectivity index (χ0v) is 21.7. The molecule has 7 heteroatoms. The van der Waals surface area contributed by atoms with E-state index in [-0.39, 0.29) is 5.56 Å². The molecule has 194 valence electrons. The Kier molecular flexibility index (Phi) is 7.06. The highest BCUT2D eigenvalue weighted by Crippen LogP contribution is 2.41. The molecule has 5 rings (SSSR count). The van der Waals surface area contributed by atoms with Crippen LogP contribution >= 0.6 is 0 Å². The summed E-state index contributed by atoms with van der Waals surface area (Å²) in [7, 11) is 0. The smallest absolute Gasteiger partial charge is 0.309 e. The summed E-state index contributed by atoms with van der Waals surface area (Å²) in [6.07, 6.45) is 0. The van der Waals surface area contributed by atoms with Gasteiger partial charge in [0, 0.05) is 23.7 Å². The molecule has 0 fully saturated rings. The Labute approximate surface area is 225 Å². The van der Waals surface area contributed by atoms with Gasteiger partial charge in [0.25, 0.3) is 5.91 Å². The largest absolute Gasteiger partial charge is 0.407 e. The summed E-state index contributed by atoms with van der Waals surface area (Å²) in [6, 6.07) is 28.3. The number of halogens is 1. The number of nitrogens with zero attached hydrogens (tertiary/aromatic N) is 2. The second-order valence-corrected chi connectivity index (χ2v) is 9.23. The van der Waals surface area contributed by atoms with Crippen LogP contribution in [-0.4, -0.2) is 21.7 Å². The van der Waals surface area contributed by atoms with E-state index in [1.54, 1.807) is 22.9 Å². The Morgan fingerprint density at radius 3 is 2.26 bits per heavy atom. The highest BCUT2D eigenvalue weighted by atomic mass is 19.1. The van der Waals surface area contributed by atoms with Crippen molar-refractivity contribution in [1.29, 1.82) is 0 Å². The third-order valence-electron chi connectivity index (χ3n) is 6.23. The molecule has 0 spiro atoms. The number of hydrogen-bond acceptors (Lipinski definition) is 4. The molecule has 0 saturated carbocycles. The van der Waals surface area contributed by atoms with Gasteiger partial charge in [0.15, 0.2) is 0 Å². The van der Waals surface area contributed by atoms with Crippen molar-refractivity contribution < 1.29 is 18.7 Å². The number of nitrogens with one attached hydrogen (secondary N) is 1. The molecule has 1 N–H and O–H groups in total. The van der Waals surface area contributed by atoms with Crippen molar-refractivity contribution in [2.75, 3.05) is 5.32 Å². The van der Waals surface area contributed by atoms with Crippen LogP contribution in [0, 0.1) is 19.7 Å². The van der Waals surface area contributed by atoms with Crippen molar-refractivity contribution in [3.63, 3.8) is 0 Å². The van der Waals surface area contributed by atoms with Gasteiger partial charge in [-0.05, 0) is 61.4 Å². The summed E-state index contributed by atoms with van der Waals surface area (Å²) in [5.74, 6) is -1.08. The number of benzene rings is 4. The van der Waals surface area contributed by atoms with Gasteiger partial charge >= 0.3 is 5.97 Å². The molecule has 1 amide bonds. The van der Waals surface area contributed by atoms with Crippen LogP contribution in [0.5, 0.6) is 5.88 Å². The number of carbonyl (C=O) groups is 2. The summed E-state index contributed by atoms with van der Waals surface area (Å²) >= 11 is 0. The maximum Gasteiger partial charge on any atom is 0.309 e. The van der Waals surface area contributed by atoms with Gasteiger partial charge in [-0.3, -0.25) is 9.59 Å². The molecule has 0 unspecified atom stereocenters. The predicted molar refractivity (Wildman–Crippen MR) is 150 cm³/mol. The van der Waals surface area contributed by atoms with Crippen LogP contribution in [0.15, 0.2) is 97.1 Å². The number of aromatic nitrogens is 2. The minimum atomic E-state index is -0.481. The van der Waals surface area contributed by atoms with Crippen LogP contribution in [0.4, 0.5) is 10.1 Å². The van der Waals surface area contributed by atoms with Crippen molar-refractivity contribution in [3.05, 3.63) is 120 Å². The fourth-order valence-electron chi connectivity index (χ4n) is 4.45. The first-order valence-electron chi connectivity index (χ1n) is 12.4. The van der Waals surface area contributed by atoms with Crippen LogP contribution in [0.3, 0.4) is 0 Å². The normalized spacial score (nSPS) is 10.8.